The molecule has 0 saturated heterocycles. The minimum atomic E-state index is -0.683. The van der Waals surface area contributed by atoms with Gasteiger partial charge in [-0.1, -0.05) is 60.7 Å². The molecule has 2 aromatic rings. The molecule has 1 aliphatic carbocycles. The van der Waals surface area contributed by atoms with Gasteiger partial charge in [-0.3, -0.25) is 4.79 Å². The van der Waals surface area contributed by atoms with E-state index in [-0.39, 0.29) is 5.78 Å². The van der Waals surface area contributed by atoms with E-state index in [0.717, 1.165) is 11.1 Å². The van der Waals surface area contributed by atoms with E-state index in [1.807, 2.05) is 54.6 Å². The highest BCUT2D eigenvalue weighted by Gasteiger charge is 2.43. The molecule has 2 nitrogen and oxygen atoms in total. The Morgan fingerprint density at radius 3 is 1.95 bits per heavy atom. The number of hydrogen-bond donors (Lipinski definition) is 0. The summed E-state index contributed by atoms with van der Waals surface area (Å²) in [5.74, 6) is 0.0492. The van der Waals surface area contributed by atoms with Gasteiger partial charge in [-0.15, -0.1) is 13.2 Å². The second-order valence-corrected chi connectivity index (χ2v) is 5.34. The maximum Gasteiger partial charge on any atom is 0.193 e. The molecule has 0 atom stereocenters. The fourth-order valence-electron chi connectivity index (χ4n) is 3.20. The van der Waals surface area contributed by atoms with E-state index in [2.05, 4.69) is 13.2 Å². The molecule has 0 saturated carbocycles. The molecule has 0 bridgehead atoms. The van der Waals surface area contributed by atoms with Crippen molar-refractivity contribution in [2.45, 2.75) is 12.0 Å². The molecule has 2 aromatic carbocycles. The van der Waals surface area contributed by atoms with Gasteiger partial charge in [0.25, 0.3) is 0 Å². The van der Waals surface area contributed by atoms with Crippen molar-refractivity contribution in [2.75, 3.05) is 6.61 Å². The van der Waals surface area contributed by atoms with Crippen molar-refractivity contribution in [2.24, 2.45) is 0 Å². The molecule has 22 heavy (non-hydrogen) atoms. The largest absolute Gasteiger partial charge is 0.361 e. The molecular formula is C20H18O2. The minimum Gasteiger partial charge on any atom is -0.361 e. The topological polar surface area (TPSA) is 26.3 Å². The molecule has 0 heterocycles. The normalized spacial score (nSPS) is 14.8. The van der Waals surface area contributed by atoms with Crippen molar-refractivity contribution in [3.8, 4) is 0 Å². The number of rotatable bonds is 5. The van der Waals surface area contributed by atoms with Gasteiger partial charge < -0.3 is 4.74 Å². The molecule has 0 N–H and O–H groups in total. The SMILES string of the molecule is C=CCOC1(CC=C)c2ccccc2C(=O)c2ccccc21. The minimum absolute atomic E-state index is 0.0492. The van der Waals surface area contributed by atoms with Gasteiger partial charge >= 0.3 is 0 Å². The van der Waals surface area contributed by atoms with E-state index in [1.165, 1.54) is 0 Å². The molecule has 0 radical (unpaired) electrons. The highest BCUT2D eigenvalue weighted by molar-refractivity contribution is 6.13. The summed E-state index contributed by atoms with van der Waals surface area (Å²) in [6.45, 7) is 8.03. The van der Waals surface area contributed by atoms with Crippen molar-refractivity contribution < 1.29 is 9.53 Å². The van der Waals surface area contributed by atoms with Crippen LogP contribution in [-0.2, 0) is 10.3 Å². The third-order valence-corrected chi connectivity index (χ3v) is 4.09. The molecule has 0 spiro atoms. The fourth-order valence-corrected chi connectivity index (χ4v) is 3.20. The summed E-state index contributed by atoms with van der Waals surface area (Å²) in [4.78, 5) is 12.8. The van der Waals surface area contributed by atoms with Gasteiger partial charge in [0.05, 0.1) is 6.61 Å². The van der Waals surface area contributed by atoms with E-state index in [9.17, 15) is 4.79 Å². The number of fused-ring (bicyclic) bond motifs is 2. The van der Waals surface area contributed by atoms with Crippen LogP contribution >= 0.6 is 0 Å². The molecule has 0 aliphatic heterocycles. The number of carbonyl (C=O) groups is 1. The third kappa shape index (κ3) is 2.04. The molecule has 2 heteroatoms. The van der Waals surface area contributed by atoms with Crippen molar-refractivity contribution in [1.82, 2.24) is 0 Å². The highest BCUT2D eigenvalue weighted by atomic mass is 16.5. The van der Waals surface area contributed by atoms with Crippen LogP contribution in [0, 0.1) is 0 Å². The maximum absolute atomic E-state index is 12.8. The zero-order chi connectivity index (χ0) is 15.6. The fraction of sp³-hybridized carbons (Fsp3) is 0.150. The van der Waals surface area contributed by atoms with Crippen LogP contribution in [0.3, 0.4) is 0 Å². The average molecular weight is 290 g/mol. The van der Waals surface area contributed by atoms with Gasteiger partial charge in [0, 0.05) is 17.5 Å². The third-order valence-electron chi connectivity index (χ3n) is 4.09. The summed E-state index contributed by atoms with van der Waals surface area (Å²) in [6.07, 6.45) is 4.17. The summed E-state index contributed by atoms with van der Waals surface area (Å²) in [5.41, 5.74) is 2.52. The van der Waals surface area contributed by atoms with Gasteiger partial charge in [0.2, 0.25) is 0 Å². The molecular weight excluding hydrogens is 272 g/mol. The summed E-state index contributed by atoms with van der Waals surface area (Å²) >= 11 is 0. The Bertz CT molecular complexity index is 693. The van der Waals surface area contributed by atoms with Crippen molar-refractivity contribution in [3.63, 3.8) is 0 Å². The zero-order valence-corrected chi connectivity index (χ0v) is 12.4. The summed E-state index contributed by atoms with van der Waals surface area (Å²) in [7, 11) is 0. The lowest BCUT2D eigenvalue weighted by Gasteiger charge is -2.39. The second kappa shape index (κ2) is 5.74. The predicted molar refractivity (Wildman–Crippen MR) is 88.1 cm³/mol. The predicted octanol–water partition coefficient (Wildman–Crippen LogP) is 4.25. The van der Waals surface area contributed by atoms with Crippen molar-refractivity contribution in [1.29, 1.82) is 0 Å². The number of carbonyl (C=O) groups excluding carboxylic acids is 1. The lowest BCUT2D eigenvalue weighted by atomic mass is 9.72. The van der Waals surface area contributed by atoms with E-state index < -0.39 is 5.60 Å². The van der Waals surface area contributed by atoms with Gasteiger partial charge in [-0.25, -0.2) is 0 Å². The van der Waals surface area contributed by atoms with Crippen LogP contribution in [0.15, 0.2) is 73.8 Å². The second-order valence-electron chi connectivity index (χ2n) is 5.34. The lowest BCUT2D eigenvalue weighted by molar-refractivity contribution is -0.00185. The van der Waals surface area contributed by atoms with Crippen LogP contribution in [0.4, 0.5) is 0 Å². The summed E-state index contributed by atoms with van der Waals surface area (Å²) in [5, 5.41) is 0. The standard InChI is InChI=1S/C20H18O2/c1-3-13-20(22-14-4-2)17-11-7-5-9-15(17)19(21)16-10-6-8-12-18(16)20/h3-12H,1-2,13-14H2. The van der Waals surface area contributed by atoms with Crippen LogP contribution in [0.1, 0.15) is 33.5 Å². The molecule has 3 rings (SSSR count). The summed E-state index contributed by atoms with van der Waals surface area (Å²) in [6, 6.07) is 15.3. The van der Waals surface area contributed by atoms with Crippen molar-refractivity contribution in [3.05, 3.63) is 96.1 Å². The van der Waals surface area contributed by atoms with Gasteiger partial charge in [-0.2, -0.15) is 0 Å². The van der Waals surface area contributed by atoms with E-state index >= 15 is 0 Å². The Morgan fingerprint density at radius 2 is 1.45 bits per heavy atom. The summed E-state index contributed by atoms with van der Waals surface area (Å²) < 4.78 is 6.22. The maximum atomic E-state index is 12.8. The highest BCUT2D eigenvalue weighted by Crippen LogP contribution is 2.45. The molecule has 1 aliphatic rings. The van der Waals surface area contributed by atoms with Gasteiger partial charge in [-0.05, 0) is 11.1 Å². The molecule has 0 aromatic heterocycles. The van der Waals surface area contributed by atoms with E-state index in [1.54, 1.807) is 6.08 Å². The van der Waals surface area contributed by atoms with E-state index in [4.69, 9.17) is 4.74 Å². The number of hydrogen-bond acceptors (Lipinski definition) is 2. The number of ketones is 1. The first kappa shape index (κ1) is 14.5. The molecule has 0 fully saturated rings. The monoisotopic (exact) mass is 290 g/mol. The van der Waals surface area contributed by atoms with Crippen molar-refractivity contribution >= 4 is 5.78 Å². The van der Waals surface area contributed by atoms with Crippen LogP contribution < -0.4 is 0 Å². The first-order valence-electron chi connectivity index (χ1n) is 7.34. The van der Waals surface area contributed by atoms with Gasteiger partial charge in [0.1, 0.15) is 5.60 Å². The van der Waals surface area contributed by atoms with Gasteiger partial charge in [0.15, 0.2) is 5.78 Å². The number of ether oxygens (including phenoxy) is 1. The Labute approximate surface area is 130 Å². The molecule has 110 valence electrons. The Kier molecular flexibility index (Phi) is 3.78. The quantitative estimate of drug-likeness (QED) is 0.769. The zero-order valence-electron chi connectivity index (χ0n) is 12.4. The van der Waals surface area contributed by atoms with Crippen LogP contribution in [0.25, 0.3) is 0 Å². The Hall–Kier alpha value is -2.45. The molecule has 0 unspecified atom stereocenters. The molecule has 0 amide bonds. The van der Waals surface area contributed by atoms with Crippen LogP contribution in [-0.4, -0.2) is 12.4 Å². The Morgan fingerprint density at radius 1 is 0.909 bits per heavy atom. The average Bonchev–Trinajstić information content (AvgIpc) is 2.57. The smallest absolute Gasteiger partial charge is 0.193 e. The lowest BCUT2D eigenvalue weighted by Crippen LogP contribution is -2.38. The first-order valence-corrected chi connectivity index (χ1v) is 7.34. The van der Waals surface area contributed by atoms with E-state index in [0.29, 0.717) is 24.2 Å². The Balaban J connectivity index is 2.32. The first-order chi connectivity index (χ1) is 10.7. The van der Waals surface area contributed by atoms with Crippen LogP contribution in [0.5, 0.6) is 0 Å². The van der Waals surface area contributed by atoms with Crippen LogP contribution in [0.2, 0.25) is 0 Å². The number of benzene rings is 2.